The summed E-state index contributed by atoms with van der Waals surface area (Å²) in [6.45, 7) is 1.94. The fourth-order valence-electron chi connectivity index (χ4n) is 1.82. The molecule has 0 aliphatic heterocycles. The predicted molar refractivity (Wildman–Crippen MR) is 76.4 cm³/mol. The first-order valence-electron chi connectivity index (χ1n) is 6.55. The molecule has 0 unspecified atom stereocenters. The molecule has 0 atom stereocenters. The van der Waals surface area contributed by atoms with Gasteiger partial charge in [-0.25, -0.2) is 0 Å². The van der Waals surface area contributed by atoms with Crippen LogP contribution in [0.25, 0.3) is 0 Å². The molecule has 0 amide bonds. The van der Waals surface area contributed by atoms with E-state index in [1.165, 1.54) is 0 Å². The van der Waals surface area contributed by atoms with Gasteiger partial charge in [0.25, 0.3) is 0 Å². The number of esters is 1. The van der Waals surface area contributed by atoms with Crippen molar-refractivity contribution >= 4 is 11.8 Å². The van der Waals surface area contributed by atoms with Crippen molar-refractivity contribution in [3.05, 3.63) is 71.3 Å². The van der Waals surface area contributed by atoms with E-state index in [0.29, 0.717) is 17.5 Å². The normalized spacial score (nSPS) is 10.1. The number of rotatable bonds is 5. The molecule has 20 heavy (non-hydrogen) atoms. The topological polar surface area (TPSA) is 43.4 Å². The molecule has 0 N–H and O–H groups in total. The second-order valence-corrected chi connectivity index (χ2v) is 4.41. The minimum absolute atomic E-state index is 0.0331. The molecule has 2 aromatic rings. The number of carbonyl (C=O) groups is 2. The van der Waals surface area contributed by atoms with Crippen LogP contribution in [0.4, 0.5) is 0 Å². The standard InChI is InChI=1S/C17H16O3/c1-2-16(18)20-12-13-7-6-10-15(11-13)17(19)14-8-4-3-5-9-14/h3-11H,2,12H2,1H3. The maximum absolute atomic E-state index is 12.3. The molecule has 0 radical (unpaired) electrons. The lowest BCUT2D eigenvalue weighted by Gasteiger charge is -2.06. The quantitative estimate of drug-likeness (QED) is 0.617. The van der Waals surface area contributed by atoms with Crippen molar-refractivity contribution in [2.45, 2.75) is 20.0 Å². The first kappa shape index (κ1) is 14.0. The highest BCUT2D eigenvalue weighted by Gasteiger charge is 2.09. The number of ketones is 1. The minimum Gasteiger partial charge on any atom is -0.461 e. The van der Waals surface area contributed by atoms with E-state index in [9.17, 15) is 9.59 Å². The molecule has 0 aliphatic carbocycles. The van der Waals surface area contributed by atoms with Gasteiger partial charge in [0.05, 0.1) is 0 Å². The molecule has 3 heteroatoms. The Balaban J connectivity index is 2.13. The monoisotopic (exact) mass is 268 g/mol. The van der Waals surface area contributed by atoms with Crippen LogP contribution in [0.1, 0.15) is 34.8 Å². The average Bonchev–Trinajstić information content (AvgIpc) is 2.53. The summed E-state index contributed by atoms with van der Waals surface area (Å²) in [5.74, 6) is -0.279. The van der Waals surface area contributed by atoms with E-state index < -0.39 is 0 Å². The van der Waals surface area contributed by atoms with E-state index in [2.05, 4.69) is 0 Å². The zero-order valence-electron chi connectivity index (χ0n) is 11.3. The van der Waals surface area contributed by atoms with Crippen LogP contribution in [0.5, 0.6) is 0 Å². The van der Waals surface area contributed by atoms with Crippen LogP contribution >= 0.6 is 0 Å². The SMILES string of the molecule is CCC(=O)OCc1cccc(C(=O)c2ccccc2)c1. The van der Waals surface area contributed by atoms with E-state index >= 15 is 0 Å². The molecule has 2 rings (SSSR count). The maximum Gasteiger partial charge on any atom is 0.305 e. The molecule has 2 aromatic carbocycles. The fourth-order valence-corrected chi connectivity index (χ4v) is 1.82. The summed E-state index contributed by atoms with van der Waals surface area (Å²) >= 11 is 0. The second-order valence-electron chi connectivity index (χ2n) is 4.41. The molecule has 0 aromatic heterocycles. The Labute approximate surface area is 118 Å². The summed E-state index contributed by atoms with van der Waals surface area (Å²) < 4.78 is 5.07. The number of hydrogen-bond donors (Lipinski definition) is 0. The van der Waals surface area contributed by atoms with Gasteiger partial charge in [0.2, 0.25) is 0 Å². The fraction of sp³-hybridized carbons (Fsp3) is 0.176. The van der Waals surface area contributed by atoms with Gasteiger partial charge >= 0.3 is 5.97 Å². The lowest BCUT2D eigenvalue weighted by molar-refractivity contribution is -0.144. The summed E-state index contributed by atoms with van der Waals surface area (Å²) in [5.41, 5.74) is 2.06. The van der Waals surface area contributed by atoms with Crippen molar-refractivity contribution < 1.29 is 14.3 Å². The third-order valence-electron chi connectivity index (χ3n) is 2.91. The van der Waals surface area contributed by atoms with Crippen molar-refractivity contribution in [2.24, 2.45) is 0 Å². The Morgan fingerprint density at radius 1 is 0.950 bits per heavy atom. The molecular weight excluding hydrogens is 252 g/mol. The molecule has 102 valence electrons. The molecule has 0 spiro atoms. The van der Waals surface area contributed by atoms with Gasteiger partial charge in [-0.2, -0.15) is 0 Å². The van der Waals surface area contributed by atoms with Crippen molar-refractivity contribution in [3.63, 3.8) is 0 Å². The van der Waals surface area contributed by atoms with E-state index in [4.69, 9.17) is 4.74 Å². The zero-order valence-corrected chi connectivity index (χ0v) is 11.3. The van der Waals surface area contributed by atoms with Crippen LogP contribution in [0.15, 0.2) is 54.6 Å². The molecular formula is C17H16O3. The van der Waals surface area contributed by atoms with E-state index in [-0.39, 0.29) is 18.4 Å². The highest BCUT2D eigenvalue weighted by Crippen LogP contribution is 2.12. The zero-order chi connectivity index (χ0) is 14.4. The van der Waals surface area contributed by atoms with Gasteiger partial charge in [-0.15, -0.1) is 0 Å². The summed E-state index contributed by atoms with van der Waals surface area (Å²) in [6.07, 6.45) is 0.350. The number of benzene rings is 2. The molecule has 3 nitrogen and oxygen atoms in total. The van der Waals surface area contributed by atoms with Crippen molar-refractivity contribution in [2.75, 3.05) is 0 Å². The van der Waals surface area contributed by atoms with Crippen molar-refractivity contribution in [3.8, 4) is 0 Å². The Morgan fingerprint density at radius 2 is 1.65 bits per heavy atom. The number of carbonyl (C=O) groups excluding carboxylic acids is 2. The number of ether oxygens (including phenoxy) is 1. The highest BCUT2D eigenvalue weighted by molar-refractivity contribution is 6.09. The first-order valence-corrected chi connectivity index (χ1v) is 6.55. The van der Waals surface area contributed by atoms with E-state index in [1.807, 2.05) is 24.3 Å². The van der Waals surface area contributed by atoms with Gasteiger partial charge in [-0.3, -0.25) is 9.59 Å². The van der Waals surface area contributed by atoms with Gasteiger partial charge in [-0.1, -0.05) is 55.5 Å². The number of hydrogen-bond acceptors (Lipinski definition) is 3. The molecule has 0 saturated carbocycles. The Bertz CT molecular complexity index is 603. The van der Waals surface area contributed by atoms with Crippen LogP contribution in [0, 0.1) is 0 Å². The van der Waals surface area contributed by atoms with Crippen LogP contribution in [0.2, 0.25) is 0 Å². The summed E-state index contributed by atoms with van der Waals surface area (Å²) in [7, 11) is 0. The molecule has 0 bridgehead atoms. The Hall–Kier alpha value is -2.42. The van der Waals surface area contributed by atoms with Crippen LogP contribution in [-0.4, -0.2) is 11.8 Å². The summed E-state index contributed by atoms with van der Waals surface area (Å²) in [4.78, 5) is 23.4. The van der Waals surface area contributed by atoms with Gasteiger partial charge in [0, 0.05) is 17.5 Å². The average molecular weight is 268 g/mol. The third kappa shape index (κ3) is 3.54. The molecule has 0 heterocycles. The third-order valence-corrected chi connectivity index (χ3v) is 2.91. The minimum atomic E-state index is -0.246. The molecule has 0 aliphatic rings. The Kier molecular flexibility index (Phi) is 4.66. The lowest BCUT2D eigenvalue weighted by Crippen LogP contribution is -2.05. The van der Waals surface area contributed by atoms with E-state index in [0.717, 1.165) is 5.56 Å². The van der Waals surface area contributed by atoms with Crippen molar-refractivity contribution in [1.29, 1.82) is 0 Å². The van der Waals surface area contributed by atoms with Crippen LogP contribution < -0.4 is 0 Å². The maximum atomic E-state index is 12.3. The smallest absolute Gasteiger partial charge is 0.305 e. The van der Waals surface area contributed by atoms with Gasteiger partial charge < -0.3 is 4.74 Å². The van der Waals surface area contributed by atoms with Gasteiger partial charge in [-0.05, 0) is 11.6 Å². The predicted octanol–water partition coefficient (Wildman–Crippen LogP) is 3.37. The van der Waals surface area contributed by atoms with Crippen molar-refractivity contribution in [1.82, 2.24) is 0 Å². The highest BCUT2D eigenvalue weighted by atomic mass is 16.5. The van der Waals surface area contributed by atoms with Gasteiger partial charge in [0.1, 0.15) is 6.61 Å². The second kappa shape index (κ2) is 6.66. The first-order chi connectivity index (χ1) is 9.70. The molecule has 0 fully saturated rings. The summed E-state index contributed by atoms with van der Waals surface area (Å²) in [5, 5.41) is 0. The van der Waals surface area contributed by atoms with Gasteiger partial charge in [0.15, 0.2) is 5.78 Å². The molecule has 0 saturated heterocycles. The lowest BCUT2D eigenvalue weighted by atomic mass is 10.0. The van der Waals surface area contributed by atoms with Crippen LogP contribution in [-0.2, 0) is 16.1 Å². The summed E-state index contributed by atoms with van der Waals surface area (Å²) in [6, 6.07) is 16.3. The largest absolute Gasteiger partial charge is 0.461 e. The van der Waals surface area contributed by atoms with E-state index in [1.54, 1.807) is 37.3 Å². The van der Waals surface area contributed by atoms with Crippen LogP contribution in [0.3, 0.4) is 0 Å². The Morgan fingerprint density at radius 3 is 2.35 bits per heavy atom.